The Morgan fingerprint density at radius 1 is 1.28 bits per heavy atom. The van der Waals surface area contributed by atoms with E-state index in [1.165, 1.54) is 5.56 Å². The molecule has 1 amide bonds. The average molecular weight is 246 g/mol. The van der Waals surface area contributed by atoms with Crippen molar-refractivity contribution in [3.63, 3.8) is 0 Å². The highest BCUT2D eigenvalue weighted by Gasteiger charge is 2.18. The number of benzene rings is 1. The first-order valence-electron chi connectivity index (χ1n) is 6.78. The van der Waals surface area contributed by atoms with Gasteiger partial charge in [-0.15, -0.1) is 0 Å². The first-order chi connectivity index (χ1) is 8.75. The van der Waals surface area contributed by atoms with Crippen LogP contribution in [0.4, 0.5) is 0 Å². The average Bonchev–Trinajstić information content (AvgIpc) is 2.40. The maximum Gasteiger partial charge on any atom is 0.222 e. The van der Waals surface area contributed by atoms with Gasteiger partial charge in [0.15, 0.2) is 0 Å². The third kappa shape index (κ3) is 3.84. The van der Waals surface area contributed by atoms with E-state index in [2.05, 4.69) is 36.5 Å². The highest BCUT2D eigenvalue weighted by atomic mass is 16.2. The van der Waals surface area contributed by atoms with E-state index in [0.29, 0.717) is 18.2 Å². The molecule has 3 heteroatoms. The van der Waals surface area contributed by atoms with Gasteiger partial charge in [0.2, 0.25) is 5.91 Å². The second kappa shape index (κ2) is 6.55. The number of carbonyl (C=O) groups is 1. The van der Waals surface area contributed by atoms with Gasteiger partial charge >= 0.3 is 0 Å². The summed E-state index contributed by atoms with van der Waals surface area (Å²) in [5, 5.41) is 3.27. The van der Waals surface area contributed by atoms with E-state index in [1.54, 1.807) is 0 Å². The van der Waals surface area contributed by atoms with E-state index in [-0.39, 0.29) is 0 Å². The summed E-state index contributed by atoms with van der Waals surface area (Å²) < 4.78 is 0. The van der Waals surface area contributed by atoms with E-state index in [1.807, 2.05) is 11.0 Å². The molecular weight excluding hydrogens is 224 g/mol. The minimum absolute atomic E-state index is 0.305. The van der Waals surface area contributed by atoms with Crippen molar-refractivity contribution in [1.29, 1.82) is 0 Å². The van der Waals surface area contributed by atoms with Crippen LogP contribution in [0.1, 0.15) is 18.9 Å². The monoisotopic (exact) mass is 246 g/mol. The lowest BCUT2D eigenvalue weighted by molar-refractivity contribution is -0.132. The Hall–Kier alpha value is -1.35. The van der Waals surface area contributed by atoms with Crippen LogP contribution in [0.5, 0.6) is 0 Å². The van der Waals surface area contributed by atoms with Crippen molar-refractivity contribution in [3.05, 3.63) is 35.9 Å². The molecule has 1 N–H and O–H groups in total. The molecule has 1 aliphatic rings. The fraction of sp³-hybridized carbons (Fsp3) is 0.533. The number of carbonyl (C=O) groups excluding carboxylic acids is 1. The summed E-state index contributed by atoms with van der Waals surface area (Å²) in [6, 6.07) is 10.4. The number of amides is 1. The zero-order valence-corrected chi connectivity index (χ0v) is 11.1. The Balaban J connectivity index is 1.79. The maximum atomic E-state index is 12.1. The number of hydrogen-bond acceptors (Lipinski definition) is 2. The van der Waals surface area contributed by atoms with Crippen molar-refractivity contribution in [1.82, 2.24) is 10.2 Å². The Labute approximate surface area is 109 Å². The van der Waals surface area contributed by atoms with Crippen LogP contribution < -0.4 is 5.32 Å². The molecule has 0 aliphatic carbocycles. The van der Waals surface area contributed by atoms with Gasteiger partial charge in [-0.3, -0.25) is 4.79 Å². The summed E-state index contributed by atoms with van der Waals surface area (Å²) in [5.41, 5.74) is 1.32. The van der Waals surface area contributed by atoms with Crippen LogP contribution in [0.3, 0.4) is 0 Å². The lowest BCUT2D eigenvalue weighted by Gasteiger charge is -2.28. The van der Waals surface area contributed by atoms with E-state index in [0.717, 1.165) is 32.6 Å². The fourth-order valence-corrected chi connectivity index (χ4v) is 2.43. The molecule has 18 heavy (non-hydrogen) atoms. The van der Waals surface area contributed by atoms with Crippen LogP contribution in [0.2, 0.25) is 0 Å². The summed E-state index contributed by atoms with van der Waals surface area (Å²) in [6.45, 7) is 5.73. The molecule has 0 bridgehead atoms. The number of nitrogens with zero attached hydrogens (tertiary/aromatic N) is 1. The summed E-state index contributed by atoms with van der Waals surface area (Å²) in [4.78, 5) is 14.1. The van der Waals surface area contributed by atoms with Crippen LogP contribution in [-0.2, 0) is 11.2 Å². The maximum absolute atomic E-state index is 12.1. The van der Waals surface area contributed by atoms with Gasteiger partial charge in [0.05, 0.1) is 0 Å². The molecule has 0 aromatic heterocycles. The van der Waals surface area contributed by atoms with Gasteiger partial charge in [-0.05, 0) is 17.9 Å². The topological polar surface area (TPSA) is 32.3 Å². The van der Waals surface area contributed by atoms with E-state index in [4.69, 9.17) is 0 Å². The first-order valence-corrected chi connectivity index (χ1v) is 6.78. The Morgan fingerprint density at radius 2 is 1.94 bits per heavy atom. The molecule has 0 spiro atoms. The second-order valence-corrected chi connectivity index (χ2v) is 5.13. The Bertz CT molecular complexity index is 371. The number of nitrogens with one attached hydrogen (secondary N) is 1. The fourth-order valence-electron chi connectivity index (χ4n) is 2.43. The minimum Gasteiger partial charge on any atom is -0.340 e. The number of hydrogen-bond donors (Lipinski definition) is 1. The summed E-state index contributed by atoms with van der Waals surface area (Å²) in [7, 11) is 0. The molecule has 1 heterocycles. The molecule has 1 aromatic carbocycles. The largest absolute Gasteiger partial charge is 0.340 e. The molecule has 1 fully saturated rings. The lowest BCUT2D eigenvalue weighted by Crippen LogP contribution is -2.46. The van der Waals surface area contributed by atoms with Crippen molar-refractivity contribution in [2.45, 2.75) is 19.8 Å². The van der Waals surface area contributed by atoms with Crippen molar-refractivity contribution < 1.29 is 4.79 Å². The van der Waals surface area contributed by atoms with Crippen LogP contribution in [0.25, 0.3) is 0 Å². The summed E-state index contributed by atoms with van der Waals surface area (Å²) >= 11 is 0. The van der Waals surface area contributed by atoms with E-state index in [9.17, 15) is 4.79 Å². The third-order valence-corrected chi connectivity index (χ3v) is 3.42. The quantitative estimate of drug-likeness (QED) is 0.877. The van der Waals surface area contributed by atoms with Crippen LogP contribution in [0.15, 0.2) is 30.3 Å². The number of rotatable bonds is 4. The van der Waals surface area contributed by atoms with Gasteiger partial charge in [-0.1, -0.05) is 37.3 Å². The van der Waals surface area contributed by atoms with Crippen molar-refractivity contribution >= 4 is 5.91 Å². The summed E-state index contributed by atoms with van der Waals surface area (Å²) in [5.74, 6) is 0.717. The molecule has 1 saturated heterocycles. The van der Waals surface area contributed by atoms with Crippen LogP contribution >= 0.6 is 0 Å². The predicted octanol–water partition coefficient (Wildman–Crippen LogP) is 1.69. The summed E-state index contributed by atoms with van der Waals surface area (Å²) in [6.07, 6.45) is 1.65. The predicted molar refractivity (Wildman–Crippen MR) is 73.4 cm³/mol. The number of piperazine rings is 1. The van der Waals surface area contributed by atoms with Crippen LogP contribution in [-0.4, -0.2) is 37.0 Å². The molecular formula is C15H22N2O. The molecule has 98 valence electrons. The minimum atomic E-state index is 0.305. The third-order valence-electron chi connectivity index (χ3n) is 3.42. The molecule has 1 aromatic rings. The molecule has 0 radical (unpaired) electrons. The van der Waals surface area contributed by atoms with Gasteiger partial charge in [-0.25, -0.2) is 0 Å². The molecule has 3 nitrogen and oxygen atoms in total. The van der Waals surface area contributed by atoms with Gasteiger partial charge in [0, 0.05) is 32.6 Å². The van der Waals surface area contributed by atoms with E-state index < -0.39 is 0 Å². The van der Waals surface area contributed by atoms with Gasteiger partial charge in [0.25, 0.3) is 0 Å². The SMILES string of the molecule is CC(CC(=O)N1CCNCC1)Cc1ccccc1. The smallest absolute Gasteiger partial charge is 0.222 e. The highest BCUT2D eigenvalue weighted by molar-refractivity contribution is 5.76. The van der Waals surface area contributed by atoms with E-state index >= 15 is 0 Å². The molecule has 1 atom stereocenters. The van der Waals surface area contributed by atoms with Gasteiger partial charge in [-0.2, -0.15) is 0 Å². The Morgan fingerprint density at radius 3 is 2.61 bits per heavy atom. The highest BCUT2D eigenvalue weighted by Crippen LogP contribution is 2.13. The van der Waals surface area contributed by atoms with Gasteiger partial charge in [0.1, 0.15) is 0 Å². The first kappa shape index (κ1) is 13.1. The second-order valence-electron chi connectivity index (χ2n) is 5.13. The lowest BCUT2D eigenvalue weighted by atomic mass is 9.97. The normalized spacial score (nSPS) is 17.5. The van der Waals surface area contributed by atoms with Gasteiger partial charge < -0.3 is 10.2 Å². The van der Waals surface area contributed by atoms with Crippen molar-refractivity contribution in [2.24, 2.45) is 5.92 Å². The zero-order chi connectivity index (χ0) is 12.8. The zero-order valence-electron chi connectivity index (χ0n) is 11.1. The van der Waals surface area contributed by atoms with Crippen molar-refractivity contribution in [3.8, 4) is 0 Å². The van der Waals surface area contributed by atoms with Crippen molar-refractivity contribution in [2.75, 3.05) is 26.2 Å². The van der Waals surface area contributed by atoms with Crippen LogP contribution in [0, 0.1) is 5.92 Å². The molecule has 0 saturated carbocycles. The molecule has 1 aliphatic heterocycles. The Kier molecular flexibility index (Phi) is 4.76. The molecule has 1 unspecified atom stereocenters. The molecule has 2 rings (SSSR count). The standard InChI is InChI=1S/C15H22N2O/c1-13(11-14-5-3-2-4-6-14)12-15(18)17-9-7-16-8-10-17/h2-6,13,16H,7-12H2,1H3.